The highest BCUT2D eigenvalue weighted by Gasteiger charge is 2.24. The minimum absolute atomic E-state index is 0.165. The van der Waals surface area contributed by atoms with Crippen molar-refractivity contribution in [3.63, 3.8) is 0 Å². The Morgan fingerprint density at radius 2 is 1.89 bits per heavy atom. The number of rotatable bonds is 8. The van der Waals surface area contributed by atoms with Crippen molar-refractivity contribution < 1.29 is 23.8 Å². The number of aliphatic imine (C=N–C) groups is 1. The topological polar surface area (TPSA) is 86.2 Å². The standard InChI is InChI=1S/C28H25BrN2O5/c1-4-34-25-15-20(13-23(29)26(25)35-16-19-7-5-6-17(2)12-19)14-24-28(33)36-27(31-24)21-8-10-22(11-9-21)30-18(3)32/h5-15H,4,16H2,1-3H3,(H,30,32)/b24-14-. The van der Waals surface area contributed by atoms with Gasteiger partial charge in [0.25, 0.3) is 0 Å². The van der Waals surface area contributed by atoms with Gasteiger partial charge in [0.2, 0.25) is 11.8 Å². The van der Waals surface area contributed by atoms with Crippen molar-refractivity contribution in [3.05, 3.63) is 93.1 Å². The third-order valence-electron chi connectivity index (χ3n) is 5.17. The van der Waals surface area contributed by atoms with Crippen LogP contribution in [0.4, 0.5) is 5.69 Å². The summed E-state index contributed by atoms with van der Waals surface area (Å²) in [5, 5.41) is 2.69. The molecule has 1 heterocycles. The first kappa shape index (κ1) is 25.2. The van der Waals surface area contributed by atoms with E-state index in [0.29, 0.717) is 46.0 Å². The summed E-state index contributed by atoms with van der Waals surface area (Å²) in [5.41, 5.74) is 4.34. The molecule has 0 atom stereocenters. The lowest BCUT2D eigenvalue weighted by atomic mass is 10.1. The first-order valence-corrected chi connectivity index (χ1v) is 12.2. The number of hydrogen-bond donors (Lipinski definition) is 1. The zero-order chi connectivity index (χ0) is 25.7. The van der Waals surface area contributed by atoms with E-state index in [-0.39, 0.29) is 17.5 Å². The first-order valence-electron chi connectivity index (χ1n) is 11.4. The second kappa shape index (κ2) is 11.2. The predicted molar refractivity (Wildman–Crippen MR) is 142 cm³/mol. The van der Waals surface area contributed by atoms with Crippen LogP contribution in [0.5, 0.6) is 11.5 Å². The Morgan fingerprint density at radius 3 is 2.58 bits per heavy atom. The summed E-state index contributed by atoms with van der Waals surface area (Å²) in [4.78, 5) is 28.1. The van der Waals surface area contributed by atoms with Gasteiger partial charge in [0.1, 0.15) is 6.61 Å². The van der Waals surface area contributed by atoms with Crippen LogP contribution in [0, 0.1) is 6.92 Å². The summed E-state index contributed by atoms with van der Waals surface area (Å²) in [6, 6.07) is 18.6. The second-order valence-corrected chi connectivity index (χ2v) is 8.99. The summed E-state index contributed by atoms with van der Waals surface area (Å²) in [5.74, 6) is 0.614. The molecule has 0 unspecified atom stereocenters. The van der Waals surface area contributed by atoms with E-state index in [1.807, 2.05) is 38.1 Å². The summed E-state index contributed by atoms with van der Waals surface area (Å²) in [6.07, 6.45) is 1.64. The molecule has 0 spiro atoms. The van der Waals surface area contributed by atoms with Gasteiger partial charge in [0, 0.05) is 18.2 Å². The summed E-state index contributed by atoms with van der Waals surface area (Å²) < 4.78 is 18.0. The Morgan fingerprint density at radius 1 is 1.11 bits per heavy atom. The molecule has 0 aromatic heterocycles. The molecule has 0 fully saturated rings. The van der Waals surface area contributed by atoms with Gasteiger partial charge in [-0.25, -0.2) is 9.79 Å². The van der Waals surface area contributed by atoms with Crippen LogP contribution in [0.25, 0.3) is 6.08 Å². The van der Waals surface area contributed by atoms with E-state index in [9.17, 15) is 9.59 Å². The number of carbonyl (C=O) groups is 2. The maximum atomic E-state index is 12.5. The van der Waals surface area contributed by atoms with E-state index in [1.54, 1.807) is 36.4 Å². The average Bonchev–Trinajstić information content (AvgIpc) is 3.19. The van der Waals surface area contributed by atoms with E-state index < -0.39 is 5.97 Å². The van der Waals surface area contributed by atoms with Crippen molar-refractivity contribution in [2.24, 2.45) is 4.99 Å². The van der Waals surface area contributed by atoms with Crippen LogP contribution in [-0.4, -0.2) is 24.4 Å². The van der Waals surface area contributed by atoms with Crippen molar-refractivity contribution in [1.29, 1.82) is 0 Å². The first-order chi connectivity index (χ1) is 17.3. The maximum Gasteiger partial charge on any atom is 0.363 e. The number of benzene rings is 3. The van der Waals surface area contributed by atoms with Crippen LogP contribution in [-0.2, 0) is 20.9 Å². The Balaban J connectivity index is 1.57. The normalized spacial score (nSPS) is 13.8. The number of aryl methyl sites for hydroxylation is 1. The quantitative estimate of drug-likeness (QED) is 0.274. The van der Waals surface area contributed by atoms with Crippen LogP contribution < -0.4 is 14.8 Å². The molecule has 0 aliphatic carbocycles. The number of hydrogen-bond acceptors (Lipinski definition) is 6. The number of cyclic esters (lactones) is 1. The van der Waals surface area contributed by atoms with E-state index >= 15 is 0 Å². The average molecular weight is 549 g/mol. The SMILES string of the molecule is CCOc1cc(/C=C2\N=C(c3ccc(NC(C)=O)cc3)OC2=O)cc(Br)c1OCc1cccc(C)c1. The van der Waals surface area contributed by atoms with Crippen molar-refractivity contribution in [2.45, 2.75) is 27.4 Å². The Kier molecular flexibility index (Phi) is 7.85. The number of ether oxygens (including phenoxy) is 3. The molecule has 4 rings (SSSR count). The molecular weight excluding hydrogens is 524 g/mol. The Bertz CT molecular complexity index is 1360. The predicted octanol–water partition coefficient (Wildman–Crippen LogP) is 6.04. The fraction of sp³-hybridized carbons (Fsp3) is 0.179. The lowest BCUT2D eigenvalue weighted by Crippen LogP contribution is -2.07. The molecule has 184 valence electrons. The van der Waals surface area contributed by atoms with Gasteiger partial charge in [-0.2, -0.15) is 0 Å². The second-order valence-electron chi connectivity index (χ2n) is 8.14. The molecule has 0 saturated carbocycles. The van der Waals surface area contributed by atoms with Crippen LogP contribution in [0.15, 0.2) is 75.8 Å². The molecule has 1 aliphatic heterocycles. The van der Waals surface area contributed by atoms with Crippen molar-refractivity contribution in [1.82, 2.24) is 0 Å². The summed E-state index contributed by atoms with van der Waals surface area (Å²) in [7, 11) is 0. The Labute approximate surface area is 217 Å². The van der Waals surface area contributed by atoms with Crippen LogP contribution >= 0.6 is 15.9 Å². The number of nitrogens with one attached hydrogen (secondary N) is 1. The van der Waals surface area contributed by atoms with Gasteiger partial charge in [-0.1, -0.05) is 29.8 Å². The number of halogens is 1. The fourth-order valence-electron chi connectivity index (χ4n) is 3.62. The maximum absolute atomic E-state index is 12.5. The molecular formula is C28H25BrN2O5. The van der Waals surface area contributed by atoms with Gasteiger partial charge in [0.15, 0.2) is 17.2 Å². The molecule has 0 bridgehead atoms. The number of esters is 1. The van der Waals surface area contributed by atoms with Gasteiger partial charge >= 0.3 is 5.97 Å². The zero-order valence-electron chi connectivity index (χ0n) is 20.1. The number of anilines is 1. The highest BCUT2D eigenvalue weighted by molar-refractivity contribution is 9.10. The van der Waals surface area contributed by atoms with Gasteiger partial charge in [-0.05, 0) is 83.4 Å². The number of amides is 1. The minimum Gasteiger partial charge on any atom is -0.490 e. The van der Waals surface area contributed by atoms with E-state index in [4.69, 9.17) is 14.2 Å². The van der Waals surface area contributed by atoms with Crippen LogP contribution in [0.1, 0.15) is 36.1 Å². The number of carbonyl (C=O) groups excluding carboxylic acids is 2. The fourth-order valence-corrected chi connectivity index (χ4v) is 4.20. The third kappa shape index (κ3) is 6.20. The molecule has 36 heavy (non-hydrogen) atoms. The Hall–Kier alpha value is -3.91. The largest absolute Gasteiger partial charge is 0.490 e. The smallest absolute Gasteiger partial charge is 0.363 e. The van der Waals surface area contributed by atoms with Crippen molar-refractivity contribution in [3.8, 4) is 11.5 Å². The molecule has 1 aliphatic rings. The van der Waals surface area contributed by atoms with Crippen molar-refractivity contribution in [2.75, 3.05) is 11.9 Å². The molecule has 3 aromatic carbocycles. The molecule has 0 saturated heterocycles. The molecule has 3 aromatic rings. The lowest BCUT2D eigenvalue weighted by Gasteiger charge is -2.15. The molecule has 7 nitrogen and oxygen atoms in total. The highest BCUT2D eigenvalue weighted by Crippen LogP contribution is 2.38. The lowest BCUT2D eigenvalue weighted by molar-refractivity contribution is -0.129. The molecule has 8 heteroatoms. The van der Waals surface area contributed by atoms with Crippen LogP contribution in [0.2, 0.25) is 0 Å². The number of nitrogens with zero attached hydrogens (tertiary/aromatic N) is 1. The summed E-state index contributed by atoms with van der Waals surface area (Å²) in [6.45, 7) is 6.21. The minimum atomic E-state index is -0.551. The van der Waals surface area contributed by atoms with Gasteiger partial charge in [-0.3, -0.25) is 4.79 Å². The van der Waals surface area contributed by atoms with Gasteiger partial charge in [0.05, 0.1) is 11.1 Å². The zero-order valence-corrected chi connectivity index (χ0v) is 21.7. The van der Waals surface area contributed by atoms with E-state index in [1.165, 1.54) is 6.92 Å². The van der Waals surface area contributed by atoms with Crippen LogP contribution in [0.3, 0.4) is 0 Å². The molecule has 1 amide bonds. The highest BCUT2D eigenvalue weighted by atomic mass is 79.9. The third-order valence-corrected chi connectivity index (χ3v) is 5.76. The molecule has 1 N–H and O–H groups in total. The van der Waals surface area contributed by atoms with Gasteiger partial charge in [-0.15, -0.1) is 0 Å². The van der Waals surface area contributed by atoms with Gasteiger partial charge < -0.3 is 19.5 Å². The summed E-state index contributed by atoms with van der Waals surface area (Å²) >= 11 is 3.58. The van der Waals surface area contributed by atoms with E-state index in [2.05, 4.69) is 32.3 Å². The van der Waals surface area contributed by atoms with E-state index in [0.717, 1.165) is 11.1 Å². The van der Waals surface area contributed by atoms with Crippen molar-refractivity contribution >= 4 is 45.5 Å². The molecule has 0 radical (unpaired) electrons. The monoisotopic (exact) mass is 548 g/mol.